The van der Waals surface area contributed by atoms with Crippen LogP contribution in [0.1, 0.15) is 57.4 Å². The minimum atomic E-state index is -1.05. The molecular weight excluding hydrogens is 494 g/mol. The van der Waals surface area contributed by atoms with E-state index < -0.39 is 17.9 Å². The summed E-state index contributed by atoms with van der Waals surface area (Å²) in [7, 11) is 3.09. The lowest BCUT2D eigenvalue weighted by Gasteiger charge is -2.32. The lowest BCUT2D eigenvalue weighted by atomic mass is 10.0. The van der Waals surface area contributed by atoms with E-state index in [2.05, 4.69) is 9.69 Å². The number of hydrogen-bond acceptors (Lipinski definition) is 8. The number of nitrogens with one attached hydrogen (secondary N) is 1. The Hall–Kier alpha value is -4.12. The molecule has 2 aromatic carbocycles. The molecule has 11 heteroatoms. The van der Waals surface area contributed by atoms with Gasteiger partial charge in [-0.3, -0.25) is 19.3 Å². The van der Waals surface area contributed by atoms with Crippen LogP contribution in [-0.4, -0.2) is 42.4 Å². The first-order valence-corrected chi connectivity index (χ1v) is 12.6. The van der Waals surface area contributed by atoms with Gasteiger partial charge >= 0.3 is 0 Å². The largest absolute Gasteiger partial charge is 0.497 e. The molecule has 3 aromatic rings. The third-order valence-corrected chi connectivity index (χ3v) is 7.22. The normalized spacial score (nSPS) is 14.1. The van der Waals surface area contributed by atoms with E-state index in [9.17, 15) is 14.4 Å². The van der Waals surface area contributed by atoms with E-state index >= 15 is 0 Å². The van der Waals surface area contributed by atoms with E-state index in [1.165, 1.54) is 12.0 Å². The van der Waals surface area contributed by atoms with Gasteiger partial charge in [-0.25, -0.2) is 0 Å². The molecule has 0 unspecified atom stereocenters. The van der Waals surface area contributed by atoms with Gasteiger partial charge in [0.1, 0.15) is 22.4 Å². The summed E-state index contributed by atoms with van der Waals surface area (Å²) >= 11 is 0.763. The van der Waals surface area contributed by atoms with Gasteiger partial charge in [0, 0.05) is 11.7 Å². The first kappa shape index (κ1) is 26.0. The van der Waals surface area contributed by atoms with E-state index in [1.54, 1.807) is 55.6 Å². The fourth-order valence-electron chi connectivity index (χ4n) is 4.42. The van der Waals surface area contributed by atoms with Crippen LogP contribution >= 0.6 is 11.5 Å². The third-order valence-electron chi connectivity index (χ3n) is 6.36. The molecule has 0 radical (unpaired) electrons. The van der Waals surface area contributed by atoms with Crippen molar-refractivity contribution >= 4 is 40.6 Å². The maximum absolute atomic E-state index is 14.1. The molecule has 0 saturated heterocycles. The molecule has 1 heterocycles. The minimum absolute atomic E-state index is 0.0109. The highest BCUT2D eigenvalue weighted by atomic mass is 32.1. The molecular formula is C26H29N5O5S. The number of rotatable bonds is 9. The fourth-order valence-corrected chi connectivity index (χ4v) is 5.16. The number of nitrogens with two attached hydrogens (primary N) is 2. The Morgan fingerprint density at radius 2 is 1.57 bits per heavy atom. The van der Waals surface area contributed by atoms with Crippen LogP contribution in [0, 0.1) is 0 Å². The molecule has 1 fully saturated rings. The Balaban J connectivity index is 1.84. The number of primary amides is 1. The van der Waals surface area contributed by atoms with Crippen molar-refractivity contribution in [3.63, 3.8) is 0 Å². The van der Waals surface area contributed by atoms with Crippen LogP contribution in [0.5, 0.6) is 11.5 Å². The van der Waals surface area contributed by atoms with E-state index in [0.29, 0.717) is 22.7 Å². The number of benzene rings is 2. The summed E-state index contributed by atoms with van der Waals surface area (Å²) in [6.07, 6.45) is 3.82. The molecule has 1 atom stereocenters. The predicted octanol–water partition coefficient (Wildman–Crippen LogP) is 3.29. The Morgan fingerprint density at radius 3 is 2.08 bits per heavy atom. The Kier molecular flexibility index (Phi) is 7.92. The van der Waals surface area contributed by atoms with Gasteiger partial charge in [-0.15, -0.1) is 0 Å². The zero-order valence-corrected chi connectivity index (χ0v) is 21.4. The highest BCUT2D eigenvalue weighted by Gasteiger charge is 2.37. The van der Waals surface area contributed by atoms with E-state index in [1.807, 2.05) is 0 Å². The first-order valence-electron chi connectivity index (χ1n) is 11.8. The molecule has 4 rings (SSSR count). The summed E-state index contributed by atoms with van der Waals surface area (Å²) < 4.78 is 14.5. The maximum atomic E-state index is 14.1. The highest BCUT2D eigenvalue weighted by Crippen LogP contribution is 2.35. The van der Waals surface area contributed by atoms with E-state index in [4.69, 9.17) is 20.9 Å². The average molecular weight is 524 g/mol. The molecule has 194 valence electrons. The highest BCUT2D eigenvalue weighted by molar-refractivity contribution is 7.09. The Morgan fingerprint density at radius 1 is 1.00 bits per heavy atom. The quantitative estimate of drug-likeness (QED) is 0.389. The van der Waals surface area contributed by atoms with Crippen LogP contribution in [0.3, 0.4) is 0 Å². The van der Waals surface area contributed by atoms with Crippen LogP contribution < -0.4 is 31.2 Å². The predicted molar refractivity (Wildman–Crippen MR) is 141 cm³/mol. The van der Waals surface area contributed by atoms with Crippen molar-refractivity contribution in [1.82, 2.24) is 9.69 Å². The van der Waals surface area contributed by atoms with Crippen LogP contribution in [0.25, 0.3) is 0 Å². The van der Waals surface area contributed by atoms with Gasteiger partial charge in [-0.05, 0) is 66.3 Å². The van der Waals surface area contributed by atoms with Crippen molar-refractivity contribution in [2.45, 2.75) is 37.8 Å². The SMILES string of the molecule is COc1ccc([C@H](C(=O)NC2CCCC2)N(C(=O)c2snc(C(N)=O)c2N)c2ccc(OC)cc2)cc1. The second kappa shape index (κ2) is 11.3. The molecule has 10 nitrogen and oxygen atoms in total. The third kappa shape index (κ3) is 5.51. The van der Waals surface area contributed by atoms with Gasteiger partial charge in [0.2, 0.25) is 5.91 Å². The minimum Gasteiger partial charge on any atom is -0.497 e. The second-order valence-electron chi connectivity index (χ2n) is 8.68. The molecule has 5 N–H and O–H groups in total. The number of aromatic nitrogens is 1. The molecule has 1 aliphatic carbocycles. The van der Waals surface area contributed by atoms with Crippen molar-refractivity contribution in [1.29, 1.82) is 0 Å². The topological polar surface area (TPSA) is 150 Å². The number of nitrogen functional groups attached to an aromatic ring is 1. The Bertz CT molecular complexity index is 1270. The summed E-state index contributed by atoms with van der Waals surface area (Å²) in [6.45, 7) is 0. The van der Waals surface area contributed by atoms with Gasteiger partial charge in [0.15, 0.2) is 5.69 Å². The van der Waals surface area contributed by atoms with Crippen molar-refractivity contribution in [2.75, 3.05) is 24.9 Å². The number of hydrogen-bond donors (Lipinski definition) is 3. The lowest BCUT2D eigenvalue weighted by molar-refractivity contribution is -0.123. The second-order valence-corrected chi connectivity index (χ2v) is 9.45. The van der Waals surface area contributed by atoms with Crippen molar-refractivity contribution in [3.05, 3.63) is 64.7 Å². The number of amides is 3. The summed E-state index contributed by atoms with van der Waals surface area (Å²) in [6, 6.07) is 12.7. The first-order chi connectivity index (χ1) is 17.8. The number of methoxy groups -OCH3 is 2. The molecule has 1 aromatic heterocycles. The lowest BCUT2D eigenvalue weighted by Crippen LogP contribution is -2.46. The Labute approximate surface area is 218 Å². The monoisotopic (exact) mass is 523 g/mol. The molecule has 0 aliphatic heterocycles. The maximum Gasteiger partial charge on any atom is 0.273 e. The van der Waals surface area contributed by atoms with Gasteiger partial charge in [-0.2, -0.15) is 4.37 Å². The van der Waals surface area contributed by atoms with Crippen LogP contribution in [-0.2, 0) is 4.79 Å². The van der Waals surface area contributed by atoms with Gasteiger partial charge in [-0.1, -0.05) is 25.0 Å². The summed E-state index contributed by atoms with van der Waals surface area (Å²) in [5.74, 6) is -0.566. The van der Waals surface area contributed by atoms with Crippen molar-refractivity contribution < 1.29 is 23.9 Å². The molecule has 37 heavy (non-hydrogen) atoms. The summed E-state index contributed by atoms with van der Waals surface area (Å²) in [5.41, 5.74) is 12.2. The molecule has 0 spiro atoms. The number of carbonyl (C=O) groups excluding carboxylic acids is 3. The molecule has 0 bridgehead atoms. The molecule has 1 aliphatic rings. The number of carbonyl (C=O) groups is 3. The van der Waals surface area contributed by atoms with Gasteiger partial charge in [0.05, 0.1) is 19.9 Å². The number of nitrogens with zero attached hydrogens (tertiary/aromatic N) is 2. The van der Waals surface area contributed by atoms with Gasteiger partial charge in [0.25, 0.3) is 11.8 Å². The average Bonchev–Trinajstić information content (AvgIpc) is 3.56. The fraction of sp³-hybridized carbons (Fsp3) is 0.308. The van der Waals surface area contributed by atoms with Crippen LogP contribution in [0.4, 0.5) is 11.4 Å². The molecule has 3 amide bonds. The zero-order valence-electron chi connectivity index (χ0n) is 20.6. The van der Waals surface area contributed by atoms with Crippen LogP contribution in [0.15, 0.2) is 48.5 Å². The summed E-state index contributed by atoms with van der Waals surface area (Å²) in [4.78, 5) is 41.0. The van der Waals surface area contributed by atoms with E-state index in [0.717, 1.165) is 37.2 Å². The standard InChI is InChI=1S/C26H29N5O5S/c1-35-18-11-7-15(8-12-18)22(25(33)29-16-5-3-4-6-16)31(17-9-13-19(36-2)14-10-17)26(34)23-20(27)21(24(28)32)30-37-23/h7-14,16,22H,3-6,27H2,1-2H3,(H2,28,32)(H,29,33)/t22-/m1/s1. The number of anilines is 2. The van der Waals surface area contributed by atoms with Crippen molar-refractivity contribution in [3.8, 4) is 11.5 Å². The van der Waals surface area contributed by atoms with Crippen molar-refractivity contribution in [2.24, 2.45) is 5.73 Å². The molecule has 1 saturated carbocycles. The smallest absolute Gasteiger partial charge is 0.273 e. The van der Waals surface area contributed by atoms with E-state index in [-0.39, 0.29) is 28.2 Å². The van der Waals surface area contributed by atoms with Gasteiger partial charge < -0.3 is 26.3 Å². The van der Waals surface area contributed by atoms with Crippen LogP contribution in [0.2, 0.25) is 0 Å². The zero-order chi connectivity index (χ0) is 26.5. The number of ether oxygens (including phenoxy) is 2. The summed E-state index contributed by atoms with van der Waals surface area (Å²) in [5, 5.41) is 3.12.